The van der Waals surface area contributed by atoms with Crippen molar-refractivity contribution in [1.82, 2.24) is 14.8 Å². The van der Waals surface area contributed by atoms with Gasteiger partial charge in [-0.05, 0) is 80.0 Å². The number of ether oxygens (including phenoxy) is 3. The Morgan fingerprint density at radius 2 is 1.96 bits per heavy atom. The molecular formula is C36H43Cl3N4O6S. The van der Waals surface area contributed by atoms with Crippen LogP contribution in [0.3, 0.4) is 0 Å². The summed E-state index contributed by atoms with van der Waals surface area (Å²) < 4.78 is 19.6. The molecule has 10 nitrogen and oxygen atoms in total. The van der Waals surface area contributed by atoms with Crippen molar-refractivity contribution in [2.24, 2.45) is 11.1 Å². The number of aliphatic hydroxyl groups is 1. The fourth-order valence-electron chi connectivity index (χ4n) is 5.76. The zero-order valence-corrected chi connectivity index (χ0v) is 31.6. The second-order valence-corrected chi connectivity index (χ2v) is 14.7. The molecule has 270 valence electrons. The average molecular weight is 766 g/mol. The summed E-state index contributed by atoms with van der Waals surface area (Å²) in [7, 11) is 0. The van der Waals surface area contributed by atoms with Gasteiger partial charge in [0.25, 0.3) is 0 Å². The number of benzene rings is 2. The van der Waals surface area contributed by atoms with Gasteiger partial charge in [-0.3, -0.25) is 4.79 Å². The predicted molar refractivity (Wildman–Crippen MR) is 199 cm³/mol. The molecule has 14 heteroatoms. The first-order valence-electron chi connectivity index (χ1n) is 16.5. The lowest BCUT2D eigenvalue weighted by molar-refractivity contribution is -0.186. The molecule has 1 fully saturated rings. The number of hydrogen-bond acceptors (Lipinski definition) is 10. The van der Waals surface area contributed by atoms with Crippen molar-refractivity contribution >= 4 is 58.1 Å². The molecule has 1 N–H and O–H groups in total. The van der Waals surface area contributed by atoms with E-state index in [1.165, 1.54) is 11.9 Å². The van der Waals surface area contributed by atoms with E-state index in [1.54, 1.807) is 47.4 Å². The molecule has 0 saturated carbocycles. The zero-order valence-electron chi connectivity index (χ0n) is 28.6. The van der Waals surface area contributed by atoms with Gasteiger partial charge in [0.1, 0.15) is 43.1 Å². The van der Waals surface area contributed by atoms with E-state index in [-0.39, 0.29) is 30.2 Å². The van der Waals surface area contributed by atoms with Gasteiger partial charge in [0, 0.05) is 34.2 Å². The van der Waals surface area contributed by atoms with Crippen LogP contribution in [-0.4, -0.2) is 61.7 Å². The molecule has 0 bridgehead atoms. The van der Waals surface area contributed by atoms with E-state index in [4.69, 9.17) is 53.9 Å². The van der Waals surface area contributed by atoms with Crippen molar-refractivity contribution in [1.29, 1.82) is 0 Å². The number of oxime groups is 1. The van der Waals surface area contributed by atoms with E-state index in [0.29, 0.717) is 76.1 Å². The smallest absolute Gasteiger partial charge is 0.217 e. The molecule has 2 aliphatic rings. The third-order valence-electron chi connectivity index (χ3n) is 7.88. The minimum absolute atomic E-state index is 0.0375. The number of aliphatic hydroxyl groups excluding tert-OH is 1. The molecule has 1 aromatic heterocycles. The molecule has 4 unspecified atom stereocenters. The van der Waals surface area contributed by atoms with Gasteiger partial charge < -0.3 is 24.2 Å². The summed E-state index contributed by atoms with van der Waals surface area (Å²) in [6.07, 6.45) is 7.11. The standard InChI is InChI=1S/C19H17Cl2N3O3.C17H26ClNO3S/c1-13-9-25-19(27-13,10-24-12-22-11-23-24)17-7-6-16(8-18(17)21)26-15-4-2-14(20)3-5-15;1-4-14(19-22-8-6-7-18)17-15(20)10-13(11-16(17)21)9-12(3)23-5-2/h2-8,11-13H,9-10H2,1H3;6-7,12-13,20H,4-5,8-11H2,1-3H3/b;7-6+,19-14+. The molecule has 0 radical (unpaired) electrons. The summed E-state index contributed by atoms with van der Waals surface area (Å²) in [5.41, 5.74) is 2.91. The lowest BCUT2D eigenvalue weighted by Gasteiger charge is -2.29. The van der Waals surface area contributed by atoms with E-state index >= 15 is 0 Å². The van der Waals surface area contributed by atoms with Crippen molar-refractivity contribution in [3.63, 3.8) is 0 Å². The minimum atomic E-state index is -1.02. The van der Waals surface area contributed by atoms with Crippen LogP contribution in [0.15, 0.2) is 83.2 Å². The maximum atomic E-state index is 12.4. The van der Waals surface area contributed by atoms with Crippen molar-refractivity contribution < 1.29 is 28.9 Å². The number of carbonyl (C=O) groups is 1. The van der Waals surface area contributed by atoms with Gasteiger partial charge in [-0.25, -0.2) is 9.67 Å². The van der Waals surface area contributed by atoms with Crippen molar-refractivity contribution in [3.05, 3.63) is 93.7 Å². The number of halogens is 3. The fraction of sp³-hybridized carbons (Fsp3) is 0.444. The summed E-state index contributed by atoms with van der Waals surface area (Å²) in [6.45, 7) is 9.19. The number of allylic oxidation sites excluding steroid dienone is 2. The Balaban J connectivity index is 0.000000229. The normalized spacial score (nSPS) is 21.7. The molecule has 1 aliphatic heterocycles. The summed E-state index contributed by atoms with van der Waals surface area (Å²) in [5.74, 6) is 1.63. The molecule has 2 aromatic carbocycles. The van der Waals surface area contributed by atoms with Gasteiger partial charge in [0.05, 0.1) is 29.0 Å². The number of thioether (sulfide) groups is 1. The Morgan fingerprint density at radius 3 is 2.56 bits per heavy atom. The second-order valence-electron chi connectivity index (χ2n) is 11.9. The van der Waals surface area contributed by atoms with Gasteiger partial charge >= 0.3 is 0 Å². The van der Waals surface area contributed by atoms with Crippen LogP contribution < -0.4 is 4.74 Å². The molecule has 2 heterocycles. The monoisotopic (exact) mass is 764 g/mol. The quantitative estimate of drug-likeness (QED) is 0.0973. The van der Waals surface area contributed by atoms with E-state index in [9.17, 15) is 9.90 Å². The first-order chi connectivity index (χ1) is 24.1. The van der Waals surface area contributed by atoms with Crippen LogP contribution in [0.4, 0.5) is 0 Å². The summed E-state index contributed by atoms with van der Waals surface area (Å²) in [6, 6.07) is 12.5. The Bertz CT molecular complexity index is 1640. The lowest BCUT2D eigenvalue weighted by Crippen LogP contribution is -2.34. The minimum Gasteiger partial charge on any atom is -0.511 e. The highest BCUT2D eigenvalue weighted by Crippen LogP contribution is 2.41. The molecule has 1 aliphatic carbocycles. The van der Waals surface area contributed by atoms with Crippen LogP contribution >= 0.6 is 46.6 Å². The average Bonchev–Trinajstić information content (AvgIpc) is 3.73. The van der Waals surface area contributed by atoms with Crippen molar-refractivity contribution in [2.45, 2.75) is 77.1 Å². The summed E-state index contributed by atoms with van der Waals surface area (Å²) in [5, 5.41) is 20.1. The van der Waals surface area contributed by atoms with E-state index in [2.05, 4.69) is 29.1 Å². The summed E-state index contributed by atoms with van der Waals surface area (Å²) >= 11 is 19.8. The first-order valence-corrected chi connectivity index (χ1v) is 18.7. The maximum absolute atomic E-state index is 12.4. The number of aromatic nitrogens is 3. The first kappa shape index (κ1) is 39.7. The van der Waals surface area contributed by atoms with Crippen molar-refractivity contribution in [2.75, 3.05) is 19.0 Å². The van der Waals surface area contributed by atoms with Crippen LogP contribution in [-0.2, 0) is 31.4 Å². The topological polar surface area (TPSA) is 117 Å². The van der Waals surface area contributed by atoms with Gasteiger partial charge in [-0.15, -0.1) is 0 Å². The number of hydrogen-bond donors (Lipinski definition) is 1. The molecular weight excluding hydrogens is 723 g/mol. The van der Waals surface area contributed by atoms with E-state index in [0.717, 1.165) is 12.2 Å². The number of ketones is 1. The van der Waals surface area contributed by atoms with Crippen LogP contribution in [0.2, 0.25) is 10.0 Å². The largest absolute Gasteiger partial charge is 0.511 e. The number of rotatable bonds is 14. The maximum Gasteiger partial charge on any atom is 0.217 e. The van der Waals surface area contributed by atoms with Crippen LogP contribution in [0.5, 0.6) is 11.5 Å². The van der Waals surface area contributed by atoms with Crippen LogP contribution in [0.1, 0.15) is 58.9 Å². The molecule has 5 rings (SSSR count). The molecule has 4 atom stereocenters. The highest BCUT2D eigenvalue weighted by Gasteiger charge is 2.44. The highest BCUT2D eigenvalue weighted by molar-refractivity contribution is 7.99. The van der Waals surface area contributed by atoms with Crippen LogP contribution in [0, 0.1) is 5.92 Å². The molecule has 1 saturated heterocycles. The predicted octanol–water partition coefficient (Wildman–Crippen LogP) is 9.51. The van der Waals surface area contributed by atoms with Crippen molar-refractivity contribution in [3.8, 4) is 11.5 Å². The Hall–Kier alpha value is -3.06. The van der Waals surface area contributed by atoms with E-state index in [1.807, 2.05) is 37.7 Å². The molecule has 0 spiro atoms. The fourth-order valence-corrected chi connectivity index (χ4v) is 7.25. The van der Waals surface area contributed by atoms with Crippen LogP contribution in [0.25, 0.3) is 0 Å². The second kappa shape index (κ2) is 19.5. The summed E-state index contributed by atoms with van der Waals surface area (Å²) in [4.78, 5) is 21.5. The SMILES string of the molecule is CC1COC(Cn2cncn2)(c2ccc(Oc3ccc(Cl)cc3)cc2Cl)O1.CCSC(C)CC1CC(=O)C(/C(CC)=N/OC/C=C/Cl)=C(O)C1. The van der Waals surface area contributed by atoms with Gasteiger partial charge in [-0.1, -0.05) is 60.7 Å². The Morgan fingerprint density at radius 1 is 1.20 bits per heavy atom. The Kier molecular flexibility index (Phi) is 15.5. The third kappa shape index (κ3) is 11.2. The third-order valence-corrected chi connectivity index (χ3v) is 9.72. The molecule has 0 amide bonds. The van der Waals surface area contributed by atoms with Gasteiger partial charge in [0.15, 0.2) is 5.78 Å². The zero-order chi connectivity index (χ0) is 36.1. The molecule has 3 aromatic rings. The highest BCUT2D eigenvalue weighted by atomic mass is 35.5. The Labute approximate surface area is 312 Å². The molecule has 50 heavy (non-hydrogen) atoms. The van der Waals surface area contributed by atoms with Gasteiger partial charge in [0.2, 0.25) is 5.79 Å². The number of carbonyl (C=O) groups excluding carboxylic acids is 1. The van der Waals surface area contributed by atoms with Gasteiger partial charge in [-0.2, -0.15) is 16.9 Å². The lowest BCUT2D eigenvalue weighted by atomic mass is 9.82. The van der Waals surface area contributed by atoms with E-state index < -0.39 is 5.79 Å². The number of Topliss-reactive ketones (excluding diaryl/α,β-unsaturated/α-hetero) is 1. The number of nitrogens with zero attached hydrogens (tertiary/aromatic N) is 4.